The Labute approximate surface area is 93.6 Å². The quantitative estimate of drug-likeness (QED) is 0.831. The summed E-state index contributed by atoms with van der Waals surface area (Å²) in [6.07, 6.45) is 2.75. The zero-order valence-electron chi connectivity index (χ0n) is 9.43. The summed E-state index contributed by atoms with van der Waals surface area (Å²) in [4.78, 5) is 3.12. The molecule has 0 aliphatic rings. The molecule has 16 heavy (non-hydrogen) atoms. The molecule has 1 aromatic carbocycles. The molecule has 0 radical (unpaired) electrons. The molecule has 0 amide bonds. The van der Waals surface area contributed by atoms with Crippen LogP contribution in [0.15, 0.2) is 18.3 Å². The second-order valence-electron chi connectivity index (χ2n) is 3.67. The number of H-pyrrole nitrogens is 1. The van der Waals surface area contributed by atoms with Crippen LogP contribution in [0.3, 0.4) is 0 Å². The van der Waals surface area contributed by atoms with Crippen LogP contribution in [0.1, 0.15) is 5.56 Å². The summed E-state index contributed by atoms with van der Waals surface area (Å²) < 4.78 is 18.7. The van der Waals surface area contributed by atoms with Gasteiger partial charge in [0.1, 0.15) is 0 Å². The molecule has 0 spiro atoms. The van der Waals surface area contributed by atoms with Crippen LogP contribution in [-0.2, 0) is 6.42 Å². The molecule has 4 heteroatoms. The molecule has 1 heterocycles. The van der Waals surface area contributed by atoms with Gasteiger partial charge in [-0.1, -0.05) is 0 Å². The van der Waals surface area contributed by atoms with Crippen molar-refractivity contribution in [1.82, 2.24) is 10.3 Å². The van der Waals surface area contributed by atoms with E-state index in [0.717, 1.165) is 29.4 Å². The van der Waals surface area contributed by atoms with Crippen molar-refractivity contribution in [2.75, 3.05) is 20.7 Å². The highest BCUT2D eigenvalue weighted by atomic mass is 19.1. The summed E-state index contributed by atoms with van der Waals surface area (Å²) in [5.74, 6) is 0.00478. The van der Waals surface area contributed by atoms with Gasteiger partial charge in [0.05, 0.1) is 7.11 Å². The number of aromatic amines is 1. The third-order valence-electron chi connectivity index (χ3n) is 2.68. The number of hydrogen-bond donors (Lipinski definition) is 2. The van der Waals surface area contributed by atoms with E-state index in [4.69, 9.17) is 4.74 Å². The maximum atomic E-state index is 13.5. The fourth-order valence-corrected chi connectivity index (χ4v) is 1.89. The number of hydrogen-bond acceptors (Lipinski definition) is 2. The van der Waals surface area contributed by atoms with Crippen molar-refractivity contribution < 1.29 is 9.13 Å². The van der Waals surface area contributed by atoms with E-state index in [0.29, 0.717) is 5.75 Å². The number of ether oxygens (including phenoxy) is 1. The summed E-state index contributed by atoms with van der Waals surface area (Å²) in [5, 5.41) is 3.92. The predicted molar refractivity (Wildman–Crippen MR) is 62.4 cm³/mol. The summed E-state index contributed by atoms with van der Waals surface area (Å²) in [5.41, 5.74) is 1.98. The van der Waals surface area contributed by atoms with Gasteiger partial charge in [-0.3, -0.25) is 0 Å². The molecule has 0 unspecified atom stereocenters. The normalized spacial score (nSPS) is 10.9. The van der Waals surface area contributed by atoms with Gasteiger partial charge in [-0.15, -0.1) is 0 Å². The van der Waals surface area contributed by atoms with Crippen molar-refractivity contribution in [3.8, 4) is 5.75 Å². The first kappa shape index (κ1) is 11.0. The zero-order chi connectivity index (χ0) is 11.5. The molecule has 0 saturated carbocycles. The molecular weight excluding hydrogens is 207 g/mol. The minimum atomic E-state index is -0.319. The Morgan fingerprint density at radius 1 is 1.44 bits per heavy atom. The summed E-state index contributed by atoms with van der Waals surface area (Å²) in [7, 11) is 3.39. The maximum Gasteiger partial charge on any atom is 0.165 e. The molecule has 0 bridgehead atoms. The van der Waals surface area contributed by atoms with Crippen LogP contribution in [0.4, 0.5) is 4.39 Å². The van der Waals surface area contributed by atoms with E-state index in [2.05, 4.69) is 10.3 Å². The Morgan fingerprint density at radius 3 is 2.94 bits per heavy atom. The summed E-state index contributed by atoms with van der Waals surface area (Å²) in [6, 6.07) is 3.15. The van der Waals surface area contributed by atoms with Gasteiger partial charge in [0.25, 0.3) is 0 Å². The third kappa shape index (κ3) is 1.76. The first-order valence-corrected chi connectivity index (χ1v) is 5.25. The van der Waals surface area contributed by atoms with Gasteiger partial charge in [-0.05, 0) is 37.7 Å². The molecule has 2 aromatic rings. The molecule has 86 valence electrons. The lowest BCUT2D eigenvalue weighted by molar-refractivity contribution is 0.391. The largest absolute Gasteiger partial charge is 0.493 e. The van der Waals surface area contributed by atoms with Crippen LogP contribution in [0.25, 0.3) is 10.9 Å². The predicted octanol–water partition coefficient (Wildman–Crippen LogP) is 2.08. The standard InChI is InChI=1S/C12H15FN2O/c1-14-6-5-8-7-15-10-4-3-9(13)12(16-2)11(8)10/h3-4,7,14-15H,5-6H2,1-2H3. The van der Waals surface area contributed by atoms with Crippen LogP contribution < -0.4 is 10.1 Å². The first-order chi connectivity index (χ1) is 7.77. The topological polar surface area (TPSA) is 37.0 Å². The highest BCUT2D eigenvalue weighted by molar-refractivity contribution is 5.89. The smallest absolute Gasteiger partial charge is 0.165 e. The molecular formula is C12H15FN2O. The van der Waals surface area contributed by atoms with Crippen molar-refractivity contribution in [3.05, 3.63) is 29.7 Å². The lowest BCUT2D eigenvalue weighted by Crippen LogP contribution is -2.10. The molecule has 0 saturated heterocycles. The molecule has 0 fully saturated rings. The van der Waals surface area contributed by atoms with Crippen molar-refractivity contribution >= 4 is 10.9 Å². The summed E-state index contributed by atoms with van der Waals surface area (Å²) in [6.45, 7) is 0.854. The number of likely N-dealkylation sites (N-methyl/N-ethyl adjacent to an activating group) is 1. The molecule has 2 N–H and O–H groups in total. The van der Waals surface area contributed by atoms with Gasteiger partial charge in [-0.2, -0.15) is 0 Å². The van der Waals surface area contributed by atoms with Crippen LogP contribution in [-0.4, -0.2) is 25.7 Å². The molecule has 0 atom stereocenters. The Hall–Kier alpha value is -1.55. The van der Waals surface area contributed by atoms with E-state index in [1.165, 1.54) is 13.2 Å². The van der Waals surface area contributed by atoms with Gasteiger partial charge in [-0.25, -0.2) is 4.39 Å². The average molecular weight is 222 g/mol. The van der Waals surface area contributed by atoms with Crippen molar-refractivity contribution in [3.63, 3.8) is 0 Å². The Morgan fingerprint density at radius 2 is 2.25 bits per heavy atom. The van der Waals surface area contributed by atoms with E-state index in [9.17, 15) is 4.39 Å². The number of fused-ring (bicyclic) bond motifs is 1. The fraction of sp³-hybridized carbons (Fsp3) is 0.333. The number of benzene rings is 1. The minimum absolute atomic E-state index is 0.319. The zero-order valence-corrected chi connectivity index (χ0v) is 9.43. The lowest BCUT2D eigenvalue weighted by Gasteiger charge is -2.06. The van der Waals surface area contributed by atoms with Gasteiger partial charge >= 0.3 is 0 Å². The molecule has 2 rings (SSSR count). The second kappa shape index (κ2) is 4.53. The van der Waals surface area contributed by atoms with Gasteiger partial charge in [0.2, 0.25) is 0 Å². The molecule has 0 aliphatic carbocycles. The van der Waals surface area contributed by atoms with Crippen molar-refractivity contribution in [2.45, 2.75) is 6.42 Å². The number of rotatable bonds is 4. The second-order valence-corrected chi connectivity index (χ2v) is 3.67. The van der Waals surface area contributed by atoms with Crippen molar-refractivity contribution in [2.24, 2.45) is 0 Å². The Balaban J connectivity index is 2.54. The van der Waals surface area contributed by atoms with Gasteiger partial charge in [0, 0.05) is 17.1 Å². The van der Waals surface area contributed by atoms with Crippen LogP contribution in [0.2, 0.25) is 0 Å². The lowest BCUT2D eigenvalue weighted by atomic mass is 10.1. The molecule has 1 aromatic heterocycles. The number of aromatic nitrogens is 1. The van der Waals surface area contributed by atoms with Gasteiger partial charge < -0.3 is 15.0 Å². The first-order valence-electron chi connectivity index (χ1n) is 5.25. The van der Waals surface area contributed by atoms with Crippen molar-refractivity contribution in [1.29, 1.82) is 0 Å². The van der Waals surface area contributed by atoms with Gasteiger partial charge in [0.15, 0.2) is 11.6 Å². The van der Waals surface area contributed by atoms with Crippen LogP contribution in [0.5, 0.6) is 5.75 Å². The number of methoxy groups -OCH3 is 1. The SMILES string of the molecule is CNCCc1c[nH]c2ccc(F)c(OC)c12. The van der Waals surface area contributed by atoms with Crippen LogP contribution in [0, 0.1) is 5.82 Å². The number of halogens is 1. The minimum Gasteiger partial charge on any atom is -0.493 e. The highest BCUT2D eigenvalue weighted by Crippen LogP contribution is 2.31. The van der Waals surface area contributed by atoms with E-state index in [-0.39, 0.29) is 5.82 Å². The Bertz CT molecular complexity index is 493. The number of nitrogens with one attached hydrogen (secondary N) is 2. The maximum absolute atomic E-state index is 13.5. The monoisotopic (exact) mass is 222 g/mol. The average Bonchev–Trinajstić information content (AvgIpc) is 2.70. The van der Waals surface area contributed by atoms with E-state index in [1.54, 1.807) is 6.07 Å². The molecule has 0 aliphatic heterocycles. The molecule has 3 nitrogen and oxygen atoms in total. The highest BCUT2D eigenvalue weighted by Gasteiger charge is 2.13. The van der Waals surface area contributed by atoms with E-state index in [1.807, 2.05) is 13.2 Å². The Kier molecular flexibility index (Phi) is 3.10. The third-order valence-corrected chi connectivity index (χ3v) is 2.68. The fourth-order valence-electron chi connectivity index (χ4n) is 1.89. The van der Waals surface area contributed by atoms with E-state index >= 15 is 0 Å². The summed E-state index contributed by atoms with van der Waals surface area (Å²) >= 11 is 0. The van der Waals surface area contributed by atoms with E-state index < -0.39 is 0 Å². The van der Waals surface area contributed by atoms with Crippen LogP contribution >= 0.6 is 0 Å².